The van der Waals surface area contributed by atoms with Crippen LogP contribution in [0.3, 0.4) is 0 Å². The average molecular weight is 549 g/mol. The summed E-state index contributed by atoms with van der Waals surface area (Å²) >= 11 is 0. The average Bonchev–Trinajstić information content (AvgIpc) is 2.96. The zero-order valence-corrected chi connectivity index (χ0v) is 23.1. The van der Waals surface area contributed by atoms with Crippen molar-refractivity contribution in [2.45, 2.75) is 38.8 Å². The van der Waals surface area contributed by atoms with Gasteiger partial charge in [-0.15, -0.1) is 12.4 Å². The molecular formula is C31H37ClN4O3. The van der Waals surface area contributed by atoms with Gasteiger partial charge in [0.25, 0.3) is 5.91 Å². The molecule has 2 amide bonds. The molecule has 3 aromatic rings. The van der Waals surface area contributed by atoms with E-state index in [1.165, 1.54) is 0 Å². The number of amides is 2. The lowest BCUT2D eigenvalue weighted by Crippen LogP contribution is -2.48. The van der Waals surface area contributed by atoms with E-state index < -0.39 is 12.0 Å². The summed E-state index contributed by atoms with van der Waals surface area (Å²) in [5.41, 5.74) is 10.3. The van der Waals surface area contributed by atoms with Gasteiger partial charge < -0.3 is 21.3 Å². The lowest BCUT2D eigenvalue weighted by molar-refractivity contribution is -0.145. The molecule has 0 bridgehead atoms. The number of halogens is 1. The van der Waals surface area contributed by atoms with Gasteiger partial charge in [0.05, 0.1) is 0 Å². The Hall–Kier alpha value is -3.26. The molecule has 39 heavy (non-hydrogen) atoms. The number of fused-ring (bicyclic) bond motifs is 2. The van der Waals surface area contributed by atoms with Gasteiger partial charge in [0.2, 0.25) is 5.91 Å². The summed E-state index contributed by atoms with van der Waals surface area (Å²) < 4.78 is 0. The molecule has 0 radical (unpaired) electrons. The van der Waals surface area contributed by atoms with E-state index >= 15 is 0 Å². The maximum Gasteiger partial charge on any atom is 0.251 e. The van der Waals surface area contributed by atoms with Crippen molar-refractivity contribution in [2.24, 2.45) is 17.6 Å². The van der Waals surface area contributed by atoms with Crippen LogP contribution in [0.2, 0.25) is 0 Å². The Morgan fingerprint density at radius 2 is 1.74 bits per heavy atom. The molecule has 0 aromatic heterocycles. The smallest absolute Gasteiger partial charge is 0.251 e. The molecule has 2 heterocycles. The van der Waals surface area contributed by atoms with Crippen LogP contribution < -0.4 is 16.4 Å². The molecule has 7 nitrogen and oxygen atoms in total. The Balaban J connectivity index is 0.00000353. The monoisotopic (exact) mass is 548 g/mol. The maximum absolute atomic E-state index is 14.1. The van der Waals surface area contributed by atoms with Gasteiger partial charge in [0, 0.05) is 37.2 Å². The van der Waals surface area contributed by atoms with E-state index in [9.17, 15) is 14.4 Å². The van der Waals surface area contributed by atoms with Crippen LogP contribution in [0.1, 0.15) is 52.9 Å². The fraction of sp³-hybridized carbons (Fsp3) is 0.387. The summed E-state index contributed by atoms with van der Waals surface area (Å²) in [5.74, 6) is -1.45. The second-order valence-corrected chi connectivity index (χ2v) is 10.4. The van der Waals surface area contributed by atoms with Crippen molar-refractivity contribution in [3.63, 3.8) is 0 Å². The van der Waals surface area contributed by atoms with Crippen molar-refractivity contribution in [3.05, 3.63) is 82.9 Å². The summed E-state index contributed by atoms with van der Waals surface area (Å²) in [6.45, 7) is 4.91. The van der Waals surface area contributed by atoms with Gasteiger partial charge in [0.15, 0.2) is 0 Å². The number of hydrogen-bond acceptors (Lipinski definition) is 5. The van der Waals surface area contributed by atoms with E-state index in [0.717, 1.165) is 53.4 Å². The molecule has 2 atom stereocenters. The van der Waals surface area contributed by atoms with E-state index in [1.807, 2.05) is 61.5 Å². The number of Topliss-reactive ketones (excluding diaryl/α,β-unsaturated/α-hetero) is 1. The lowest BCUT2D eigenvalue weighted by atomic mass is 9.79. The van der Waals surface area contributed by atoms with Crippen LogP contribution >= 0.6 is 12.4 Å². The number of carbonyl (C=O) groups excluding carboxylic acids is 3. The molecule has 3 aromatic carbocycles. The first kappa shape index (κ1) is 28.7. The molecule has 206 valence electrons. The fourth-order valence-corrected chi connectivity index (χ4v) is 5.76. The number of benzene rings is 3. The zero-order valence-electron chi connectivity index (χ0n) is 22.3. The number of nitrogens with one attached hydrogen (secondary N) is 2. The third-order valence-corrected chi connectivity index (χ3v) is 7.96. The van der Waals surface area contributed by atoms with Crippen LogP contribution in [0.25, 0.3) is 10.8 Å². The molecular weight excluding hydrogens is 512 g/mol. The van der Waals surface area contributed by atoms with Crippen molar-refractivity contribution in [2.75, 3.05) is 26.2 Å². The summed E-state index contributed by atoms with van der Waals surface area (Å²) in [6.07, 6.45) is 2.07. The van der Waals surface area contributed by atoms with Gasteiger partial charge in [-0.1, -0.05) is 42.5 Å². The first-order valence-corrected chi connectivity index (χ1v) is 13.6. The van der Waals surface area contributed by atoms with Gasteiger partial charge in [0.1, 0.15) is 11.7 Å². The van der Waals surface area contributed by atoms with E-state index in [4.69, 9.17) is 5.73 Å². The summed E-state index contributed by atoms with van der Waals surface area (Å²) in [5, 5.41) is 8.27. The second-order valence-electron chi connectivity index (χ2n) is 10.4. The number of piperidine rings is 1. The summed E-state index contributed by atoms with van der Waals surface area (Å²) in [7, 11) is 0. The number of nitrogens with two attached hydrogens (primary N) is 1. The van der Waals surface area contributed by atoms with Crippen LogP contribution in [0.5, 0.6) is 0 Å². The highest BCUT2D eigenvalue weighted by atomic mass is 35.5. The molecule has 0 saturated carbocycles. The minimum Gasteiger partial charge on any atom is -0.352 e. The molecule has 0 aliphatic carbocycles. The quantitative estimate of drug-likeness (QED) is 0.390. The van der Waals surface area contributed by atoms with Crippen molar-refractivity contribution in [1.82, 2.24) is 15.5 Å². The predicted octanol–water partition coefficient (Wildman–Crippen LogP) is 3.78. The van der Waals surface area contributed by atoms with Crippen molar-refractivity contribution in [3.8, 4) is 0 Å². The van der Waals surface area contributed by atoms with Crippen molar-refractivity contribution < 1.29 is 14.4 Å². The summed E-state index contributed by atoms with van der Waals surface area (Å²) in [6, 6.07) is 18.9. The van der Waals surface area contributed by atoms with E-state index in [0.29, 0.717) is 31.6 Å². The van der Waals surface area contributed by atoms with E-state index in [-0.39, 0.29) is 35.9 Å². The highest BCUT2D eigenvalue weighted by Gasteiger charge is 2.40. The van der Waals surface area contributed by atoms with Gasteiger partial charge in [-0.3, -0.25) is 14.4 Å². The van der Waals surface area contributed by atoms with Crippen LogP contribution in [-0.2, 0) is 22.6 Å². The van der Waals surface area contributed by atoms with Gasteiger partial charge in [-0.2, -0.15) is 0 Å². The Labute approximate surface area is 235 Å². The highest BCUT2D eigenvalue weighted by molar-refractivity contribution is 6.03. The molecule has 8 heteroatoms. The summed E-state index contributed by atoms with van der Waals surface area (Å²) in [4.78, 5) is 42.0. The van der Waals surface area contributed by atoms with Crippen LogP contribution in [0.15, 0.2) is 60.7 Å². The number of ketones is 1. The largest absolute Gasteiger partial charge is 0.352 e. The molecule has 4 N–H and O–H groups in total. The normalized spacial score (nSPS) is 17.0. The number of rotatable bonds is 7. The molecule has 1 saturated heterocycles. The van der Waals surface area contributed by atoms with Crippen molar-refractivity contribution in [1.29, 1.82) is 0 Å². The number of hydrogen-bond donors (Lipinski definition) is 3. The molecule has 0 spiro atoms. The molecule has 5 rings (SSSR count). The van der Waals surface area contributed by atoms with Crippen molar-refractivity contribution >= 4 is 40.8 Å². The van der Waals surface area contributed by atoms with Crippen LogP contribution in [-0.4, -0.2) is 48.7 Å². The first-order valence-electron chi connectivity index (χ1n) is 13.6. The molecule has 1 fully saturated rings. The fourth-order valence-electron chi connectivity index (χ4n) is 5.76. The second kappa shape index (κ2) is 12.7. The minimum absolute atomic E-state index is 0. The minimum atomic E-state index is -0.935. The molecule has 2 aliphatic rings. The highest BCUT2D eigenvalue weighted by Crippen LogP contribution is 2.32. The molecule has 2 aliphatic heterocycles. The Morgan fingerprint density at radius 1 is 1.00 bits per heavy atom. The molecule has 1 unspecified atom stereocenters. The van der Waals surface area contributed by atoms with Crippen LogP contribution in [0.4, 0.5) is 0 Å². The zero-order chi connectivity index (χ0) is 26.6. The number of carbonyl (C=O) groups is 3. The van der Waals surface area contributed by atoms with Gasteiger partial charge in [-0.25, -0.2) is 0 Å². The standard InChI is InChI=1S/C31H36N4O3.ClH/c1-2-34-30(37)25-9-10-26-19-35(16-13-23(26)18-25)31(38)27(29(36)21-11-14-33-15-12-21)28(32)24-8-7-20-5-3-4-6-22(20)17-24;/h3-10,17-18,21,27-28,33H,2,11-16,19,32H2,1H3,(H,34,37);1H/t27-,28?;/m1./s1. The Morgan fingerprint density at radius 3 is 2.49 bits per heavy atom. The van der Waals surface area contributed by atoms with Gasteiger partial charge in [-0.05, 0) is 84.9 Å². The maximum atomic E-state index is 14.1. The topological polar surface area (TPSA) is 105 Å². The lowest BCUT2D eigenvalue weighted by Gasteiger charge is -2.35. The Kier molecular flexibility index (Phi) is 9.38. The predicted molar refractivity (Wildman–Crippen MR) is 156 cm³/mol. The van der Waals surface area contributed by atoms with Crippen LogP contribution in [0, 0.1) is 11.8 Å². The third kappa shape index (κ3) is 6.16. The van der Waals surface area contributed by atoms with E-state index in [2.05, 4.69) is 10.6 Å². The first-order chi connectivity index (χ1) is 18.5. The number of nitrogens with zero attached hydrogens (tertiary/aromatic N) is 1. The Bertz CT molecular complexity index is 1350. The van der Waals surface area contributed by atoms with Gasteiger partial charge >= 0.3 is 0 Å². The van der Waals surface area contributed by atoms with E-state index in [1.54, 1.807) is 11.0 Å². The third-order valence-electron chi connectivity index (χ3n) is 7.96. The SMILES string of the molecule is CCNC(=O)c1ccc2c(c1)CCN(C(=O)[C@@H](C(=O)C1CCNCC1)C(N)c1ccc3ccccc3c1)C2.Cl.